The molecule has 1 rings (SSSR count). The molecule has 0 heterocycles. The van der Waals surface area contributed by atoms with Crippen molar-refractivity contribution in [3.8, 4) is 0 Å². The Kier molecular flexibility index (Phi) is 3.53. The summed E-state index contributed by atoms with van der Waals surface area (Å²) < 4.78 is 0. The van der Waals surface area contributed by atoms with Crippen molar-refractivity contribution in [2.45, 2.75) is 40.0 Å². The van der Waals surface area contributed by atoms with Crippen LogP contribution >= 0.6 is 0 Å². The van der Waals surface area contributed by atoms with Gasteiger partial charge in [0, 0.05) is 0 Å². The number of hydrogen-bond acceptors (Lipinski definition) is 0. The maximum atomic E-state index is 2.32. The maximum Gasteiger partial charge on any atom is -0.0185 e. The predicted molar refractivity (Wildman–Crippen MR) is 59.0 cm³/mol. The van der Waals surface area contributed by atoms with Crippen LogP contribution in [0.3, 0.4) is 0 Å². The SMILES string of the molecule is Cc1ccccc1C(C)CC(C)C. The molecule has 0 aliphatic carbocycles. The maximum absolute atomic E-state index is 2.32. The minimum Gasteiger partial charge on any atom is -0.0628 e. The second-order valence-electron chi connectivity index (χ2n) is 4.39. The summed E-state index contributed by atoms with van der Waals surface area (Å²) in [5, 5.41) is 0. The summed E-state index contributed by atoms with van der Waals surface area (Å²) in [4.78, 5) is 0. The molecule has 0 aliphatic rings. The van der Waals surface area contributed by atoms with E-state index in [1.54, 1.807) is 0 Å². The van der Waals surface area contributed by atoms with Crippen molar-refractivity contribution < 1.29 is 0 Å². The first-order valence-electron chi connectivity index (χ1n) is 5.16. The van der Waals surface area contributed by atoms with Gasteiger partial charge >= 0.3 is 0 Å². The topological polar surface area (TPSA) is 0 Å². The highest BCUT2D eigenvalue weighted by Crippen LogP contribution is 2.25. The molecule has 0 aromatic heterocycles. The summed E-state index contributed by atoms with van der Waals surface area (Å²) >= 11 is 0. The van der Waals surface area contributed by atoms with Gasteiger partial charge < -0.3 is 0 Å². The molecule has 0 aliphatic heterocycles. The van der Waals surface area contributed by atoms with Crippen LogP contribution in [-0.2, 0) is 0 Å². The van der Waals surface area contributed by atoms with Crippen molar-refractivity contribution in [3.63, 3.8) is 0 Å². The van der Waals surface area contributed by atoms with Crippen molar-refractivity contribution in [2.75, 3.05) is 0 Å². The Morgan fingerprint density at radius 1 is 1.08 bits per heavy atom. The van der Waals surface area contributed by atoms with E-state index in [-0.39, 0.29) is 0 Å². The van der Waals surface area contributed by atoms with Crippen molar-refractivity contribution in [3.05, 3.63) is 35.4 Å². The molecule has 0 fully saturated rings. The van der Waals surface area contributed by atoms with Crippen molar-refractivity contribution in [2.24, 2.45) is 5.92 Å². The lowest BCUT2D eigenvalue weighted by Crippen LogP contribution is -2.00. The Balaban J connectivity index is 2.76. The number of hydrogen-bond donors (Lipinski definition) is 0. The highest BCUT2D eigenvalue weighted by molar-refractivity contribution is 5.28. The fraction of sp³-hybridized carbons (Fsp3) is 0.538. The zero-order valence-electron chi connectivity index (χ0n) is 9.17. The smallest absolute Gasteiger partial charge is 0.0185 e. The summed E-state index contributed by atoms with van der Waals surface area (Å²) in [6.07, 6.45) is 1.28. The van der Waals surface area contributed by atoms with Gasteiger partial charge in [-0.2, -0.15) is 0 Å². The normalized spacial score (nSPS) is 13.3. The van der Waals surface area contributed by atoms with Crippen LogP contribution in [0.25, 0.3) is 0 Å². The highest BCUT2D eigenvalue weighted by Gasteiger charge is 2.08. The van der Waals surface area contributed by atoms with Crippen LogP contribution in [0.4, 0.5) is 0 Å². The summed E-state index contributed by atoms with van der Waals surface area (Å²) in [5.74, 6) is 1.48. The fourth-order valence-corrected chi connectivity index (χ4v) is 1.97. The van der Waals surface area contributed by atoms with Gasteiger partial charge in [0.15, 0.2) is 0 Å². The molecule has 0 saturated carbocycles. The molecule has 1 unspecified atom stereocenters. The fourth-order valence-electron chi connectivity index (χ4n) is 1.97. The van der Waals surface area contributed by atoms with Crippen LogP contribution in [0.2, 0.25) is 0 Å². The minimum atomic E-state index is 0.696. The van der Waals surface area contributed by atoms with Gasteiger partial charge in [0.25, 0.3) is 0 Å². The van der Waals surface area contributed by atoms with E-state index >= 15 is 0 Å². The van der Waals surface area contributed by atoms with Gasteiger partial charge in [-0.3, -0.25) is 0 Å². The predicted octanol–water partition coefficient (Wildman–Crippen LogP) is 4.14. The quantitative estimate of drug-likeness (QED) is 0.649. The number of rotatable bonds is 3. The first-order valence-corrected chi connectivity index (χ1v) is 5.16. The lowest BCUT2D eigenvalue weighted by Gasteiger charge is -2.16. The first kappa shape index (κ1) is 10.3. The molecular formula is C13H20. The Labute approximate surface area is 82.0 Å². The van der Waals surface area contributed by atoms with Gasteiger partial charge in [0.2, 0.25) is 0 Å². The van der Waals surface area contributed by atoms with Crippen LogP contribution in [-0.4, -0.2) is 0 Å². The molecule has 72 valence electrons. The summed E-state index contributed by atoms with van der Waals surface area (Å²) in [7, 11) is 0. The van der Waals surface area contributed by atoms with Crippen LogP contribution in [0, 0.1) is 12.8 Å². The third-order valence-corrected chi connectivity index (χ3v) is 2.54. The molecule has 1 atom stereocenters. The molecule has 0 heteroatoms. The standard InChI is InChI=1S/C13H20/c1-10(2)9-12(4)13-8-6-5-7-11(13)3/h5-8,10,12H,9H2,1-4H3. The van der Waals surface area contributed by atoms with Crippen LogP contribution in [0.1, 0.15) is 44.2 Å². The molecule has 0 nitrogen and oxygen atoms in total. The van der Waals surface area contributed by atoms with Gasteiger partial charge in [-0.1, -0.05) is 45.0 Å². The second-order valence-corrected chi connectivity index (χ2v) is 4.39. The number of aryl methyl sites for hydroxylation is 1. The van der Waals surface area contributed by atoms with Gasteiger partial charge in [-0.05, 0) is 36.3 Å². The zero-order valence-corrected chi connectivity index (χ0v) is 9.17. The van der Waals surface area contributed by atoms with Crippen molar-refractivity contribution in [1.82, 2.24) is 0 Å². The van der Waals surface area contributed by atoms with Gasteiger partial charge in [-0.25, -0.2) is 0 Å². The van der Waals surface area contributed by atoms with E-state index in [4.69, 9.17) is 0 Å². The van der Waals surface area contributed by atoms with E-state index in [9.17, 15) is 0 Å². The molecule has 0 N–H and O–H groups in total. The summed E-state index contributed by atoms with van der Waals surface area (Å²) in [5.41, 5.74) is 2.94. The third kappa shape index (κ3) is 2.87. The Morgan fingerprint density at radius 3 is 2.23 bits per heavy atom. The van der Waals surface area contributed by atoms with Crippen molar-refractivity contribution >= 4 is 0 Å². The first-order chi connectivity index (χ1) is 6.11. The molecule has 1 aromatic rings. The van der Waals surface area contributed by atoms with E-state index in [0.29, 0.717) is 5.92 Å². The molecule has 0 saturated heterocycles. The zero-order chi connectivity index (χ0) is 9.84. The van der Waals surface area contributed by atoms with Gasteiger partial charge in [0.1, 0.15) is 0 Å². The third-order valence-electron chi connectivity index (χ3n) is 2.54. The lowest BCUT2D eigenvalue weighted by molar-refractivity contribution is 0.522. The summed E-state index contributed by atoms with van der Waals surface area (Å²) in [6, 6.07) is 8.70. The van der Waals surface area contributed by atoms with Crippen LogP contribution < -0.4 is 0 Å². The largest absolute Gasteiger partial charge is 0.0628 e. The van der Waals surface area contributed by atoms with Crippen LogP contribution in [0.15, 0.2) is 24.3 Å². The summed E-state index contributed by atoms with van der Waals surface area (Å²) in [6.45, 7) is 9.10. The van der Waals surface area contributed by atoms with E-state index in [1.807, 2.05) is 0 Å². The molecular weight excluding hydrogens is 156 g/mol. The monoisotopic (exact) mass is 176 g/mol. The molecule has 0 spiro atoms. The van der Waals surface area contributed by atoms with E-state index in [0.717, 1.165) is 5.92 Å². The van der Waals surface area contributed by atoms with E-state index in [2.05, 4.69) is 52.0 Å². The molecule has 13 heavy (non-hydrogen) atoms. The van der Waals surface area contributed by atoms with Crippen LogP contribution in [0.5, 0.6) is 0 Å². The van der Waals surface area contributed by atoms with E-state index in [1.165, 1.54) is 17.5 Å². The Morgan fingerprint density at radius 2 is 1.69 bits per heavy atom. The van der Waals surface area contributed by atoms with Gasteiger partial charge in [0.05, 0.1) is 0 Å². The molecule has 0 bridgehead atoms. The lowest BCUT2D eigenvalue weighted by atomic mass is 9.89. The molecule has 0 amide bonds. The Hall–Kier alpha value is -0.780. The average molecular weight is 176 g/mol. The second kappa shape index (κ2) is 4.45. The minimum absolute atomic E-state index is 0.696. The molecule has 0 radical (unpaired) electrons. The van der Waals surface area contributed by atoms with Gasteiger partial charge in [-0.15, -0.1) is 0 Å². The molecule has 1 aromatic carbocycles. The Bertz CT molecular complexity index is 260. The highest BCUT2D eigenvalue weighted by atomic mass is 14.1. The van der Waals surface area contributed by atoms with E-state index < -0.39 is 0 Å². The average Bonchev–Trinajstić information content (AvgIpc) is 2.03. The van der Waals surface area contributed by atoms with Crippen molar-refractivity contribution in [1.29, 1.82) is 0 Å². The number of benzene rings is 1.